The Bertz CT molecular complexity index is 1320. The predicted molar refractivity (Wildman–Crippen MR) is 138 cm³/mol. The lowest BCUT2D eigenvalue weighted by Gasteiger charge is -2.29. The Morgan fingerprint density at radius 1 is 1.19 bits per heavy atom. The van der Waals surface area contributed by atoms with E-state index in [0.717, 1.165) is 31.5 Å². The maximum absolute atomic E-state index is 13.9. The number of nitrogens with zero attached hydrogens (tertiary/aromatic N) is 1. The van der Waals surface area contributed by atoms with Crippen molar-refractivity contribution < 1.29 is 19.1 Å². The van der Waals surface area contributed by atoms with Gasteiger partial charge < -0.3 is 25.6 Å². The van der Waals surface area contributed by atoms with Gasteiger partial charge in [0.25, 0.3) is 11.8 Å². The van der Waals surface area contributed by atoms with E-state index in [9.17, 15) is 19.1 Å². The van der Waals surface area contributed by atoms with Crippen molar-refractivity contribution >= 4 is 29.2 Å². The monoisotopic (exact) mass is 488 g/mol. The predicted octanol–water partition coefficient (Wildman–Crippen LogP) is 3.81. The van der Waals surface area contributed by atoms with Gasteiger partial charge in [-0.1, -0.05) is 30.3 Å². The first-order valence-electron chi connectivity index (χ1n) is 12.2. The molecular weight excluding hydrogens is 459 g/mol. The Balaban J connectivity index is 1.46. The second-order valence-electron chi connectivity index (χ2n) is 9.31. The Labute approximate surface area is 209 Å². The number of halogens is 1. The van der Waals surface area contributed by atoms with E-state index in [1.807, 2.05) is 37.3 Å². The summed E-state index contributed by atoms with van der Waals surface area (Å²) in [4.78, 5) is 31.6. The van der Waals surface area contributed by atoms with E-state index < -0.39 is 5.82 Å². The number of nitrogens with one attached hydrogen (secondary N) is 3. The molecule has 0 saturated carbocycles. The number of fused-ring (bicyclic) bond motifs is 1. The van der Waals surface area contributed by atoms with E-state index in [4.69, 9.17) is 0 Å². The van der Waals surface area contributed by atoms with Crippen LogP contribution in [-0.2, 0) is 4.79 Å². The molecule has 0 atom stereocenters. The highest BCUT2D eigenvalue weighted by molar-refractivity contribution is 6.35. The fourth-order valence-electron chi connectivity index (χ4n) is 4.95. The van der Waals surface area contributed by atoms with E-state index in [-0.39, 0.29) is 17.9 Å². The number of aryl methyl sites for hydroxylation is 1. The minimum atomic E-state index is -0.426. The molecule has 0 bridgehead atoms. The number of aliphatic hydroxyl groups is 1. The summed E-state index contributed by atoms with van der Waals surface area (Å²) >= 11 is 0. The molecule has 36 heavy (non-hydrogen) atoms. The fourth-order valence-corrected chi connectivity index (χ4v) is 4.95. The van der Waals surface area contributed by atoms with Crippen molar-refractivity contribution in [2.75, 3.05) is 31.5 Å². The summed E-state index contributed by atoms with van der Waals surface area (Å²) in [7, 11) is 0. The normalized spacial score (nSPS) is 17.3. The van der Waals surface area contributed by atoms with Gasteiger partial charge >= 0.3 is 0 Å². The smallest absolute Gasteiger partial charge is 0.256 e. The van der Waals surface area contributed by atoms with Gasteiger partial charge in [-0.3, -0.25) is 9.59 Å². The number of H-pyrrole nitrogens is 1. The number of rotatable bonds is 6. The van der Waals surface area contributed by atoms with Crippen LogP contribution in [0.4, 0.5) is 10.1 Å². The Hall–Kier alpha value is -3.75. The molecule has 2 amide bonds. The summed E-state index contributed by atoms with van der Waals surface area (Å²) in [6.45, 7) is 4.66. The summed E-state index contributed by atoms with van der Waals surface area (Å²) in [5.74, 6) is -0.948. The minimum absolute atomic E-state index is 0.202. The number of carbonyl (C=O) groups is 2. The number of carbonyl (C=O) groups excluding carboxylic acids is 2. The molecule has 1 fully saturated rings. The highest BCUT2D eigenvalue weighted by atomic mass is 19.1. The van der Waals surface area contributed by atoms with Gasteiger partial charge in [0.05, 0.1) is 17.2 Å². The van der Waals surface area contributed by atoms with Gasteiger partial charge in [0, 0.05) is 54.4 Å². The Morgan fingerprint density at radius 3 is 2.69 bits per heavy atom. The molecule has 1 saturated heterocycles. The molecule has 3 aromatic rings. The van der Waals surface area contributed by atoms with Crippen LogP contribution in [0.3, 0.4) is 0 Å². The standard InChI is InChI=1S/C28H29FN4O3/c1-17-25(28(36)30-11-14-33-12-9-20(34)10-13-33)26(18-5-3-2-4-6-18)24(31-17)16-22-21-15-19(29)7-8-23(21)32-27(22)35/h2-8,15-16,20,31,34H,9-14H2,1H3,(H,30,36)(H,32,35)/b22-16-. The molecule has 0 aliphatic carbocycles. The first-order valence-corrected chi connectivity index (χ1v) is 12.2. The molecule has 2 aromatic carbocycles. The highest BCUT2D eigenvalue weighted by Crippen LogP contribution is 2.37. The van der Waals surface area contributed by atoms with Crippen molar-refractivity contribution in [1.82, 2.24) is 15.2 Å². The molecule has 0 radical (unpaired) electrons. The van der Waals surface area contributed by atoms with Crippen molar-refractivity contribution in [2.45, 2.75) is 25.9 Å². The maximum Gasteiger partial charge on any atom is 0.256 e. The number of piperidine rings is 1. The van der Waals surface area contributed by atoms with E-state index in [1.165, 1.54) is 12.1 Å². The van der Waals surface area contributed by atoms with Gasteiger partial charge in [0.15, 0.2) is 0 Å². The second-order valence-corrected chi connectivity index (χ2v) is 9.31. The highest BCUT2D eigenvalue weighted by Gasteiger charge is 2.27. The Morgan fingerprint density at radius 2 is 1.94 bits per heavy atom. The van der Waals surface area contributed by atoms with Crippen molar-refractivity contribution in [2.24, 2.45) is 0 Å². The summed E-state index contributed by atoms with van der Waals surface area (Å²) in [5, 5.41) is 15.5. The Kier molecular flexibility index (Phi) is 6.71. The molecule has 2 aliphatic heterocycles. The van der Waals surface area contributed by atoms with Crippen LogP contribution < -0.4 is 10.6 Å². The molecule has 3 heterocycles. The summed E-state index contributed by atoms with van der Waals surface area (Å²) < 4.78 is 13.9. The topological polar surface area (TPSA) is 97.5 Å². The summed E-state index contributed by atoms with van der Waals surface area (Å²) in [5.41, 5.74) is 4.71. The van der Waals surface area contributed by atoms with Crippen LogP contribution in [0.2, 0.25) is 0 Å². The molecule has 0 spiro atoms. The van der Waals surface area contributed by atoms with E-state index >= 15 is 0 Å². The van der Waals surface area contributed by atoms with Gasteiger partial charge in [-0.25, -0.2) is 4.39 Å². The van der Waals surface area contributed by atoms with Crippen LogP contribution in [0.1, 0.15) is 40.2 Å². The third-order valence-electron chi connectivity index (χ3n) is 6.83. The number of hydrogen-bond donors (Lipinski definition) is 4. The lowest BCUT2D eigenvalue weighted by molar-refractivity contribution is -0.110. The zero-order valence-corrected chi connectivity index (χ0v) is 20.1. The average Bonchev–Trinajstić information content (AvgIpc) is 3.36. The summed E-state index contributed by atoms with van der Waals surface area (Å²) in [6.07, 6.45) is 2.96. The summed E-state index contributed by atoms with van der Waals surface area (Å²) in [6, 6.07) is 13.7. The number of anilines is 1. The number of aromatic amines is 1. The molecule has 4 N–H and O–H groups in total. The minimum Gasteiger partial charge on any atom is -0.393 e. The number of likely N-dealkylation sites (tertiary alicyclic amines) is 1. The molecule has 1 aromatic heterocycles. The van der Waals surface area contributed by atoms with Gasteiger partial charge in [-0.05, 0) is 49.6 Å². The van der Waals surface area contributed by atoms with Crippen LogP contribution in [0, 0.1) is 12.7 Å². The molecule has 186 valence electrons. The van der Waals surface area contributed by atoms with Crippen molar-refractivity contribution in [3.05, 3.63) is 76.9 Å². The molecule has 2 aliphatic rings. The fraction of sp³-hybridized carbons (Fsp3) is 0.286. The van der Waals surface area contributed by atoms with Crippen molar-refractivity contribution in [3.8, 4) is 11.1 Å². The van der Waals surface area contributed by atoms with Crippen molar-refractivity contribution in [3.63, 3.8) is 0 Å². The number of aliphatic hydroxyl groups excluding tert-OH is 1. The van der Waals surface area contributed by atoms with Crippen molar-refractivity contribution in [1.29, 1.82) is 0 Å². The number of amides is 2. The van der Waals surface area contributed by atoms with Crippen LogP contribution in [-0.4, -0.2) is 59.1 Å². The van der Waals surface area contributed by atoms with Crippen LogP contribution >= 0.6 is 0 Å². The third kappa shape index (κ3) is 4.82. The van der Waals surface area contributed by atoms with Gasteiger partial charge in [0.2, 0.25) is 0 Å². The number of benzene rings is 2. The third-order valence-corrected chi connectivity index (χ3v) is 6.83. The van der Waals surface area contributed by atoms with E-state index in [2.05, 4.69) is 20.5 Å². The van der Waals surface area contributed by atoms with Crippen LogP contribution in [0.15, 0.2) is 48.5 Å². The second kappa shape index (κ2) is 10.1. The number of aromatic nitrogens is 1. The largest absolute Gasteiger partial charge is 0.393 e. The quantitative estimate of drug-likeness (QED) is 0.397. The van der Waals surface area contributed by atoms with E-state index in [1.54, 1.807) is 12.1 Å². The lowest BCUT2D eigenvalue weighted by Crippen LogP contribution is -2.40. The zero-order valence-electron chi connectivity index (χ0n) is 20.1. The van der Waals surface area contributed by atoms with E-state index in [0.29, 0.717) is 52.4 Å². The maximum atomic E-state index is 13.9. The molecule has 7 nitrogen and oxygen atoms in total. The van der Waals surface area contributed by atoms with Crippen LogP contribution in [0.5, 0.6) is 0 Å². The molecule has 0 unspecified atom stereocenters. The SMILES string of the molecule is Cc1[nH]c(/C=C2\C(=O)Nc3ccc(F)cc32)c(-c2ccccc2)c1C(=O)NCCN1CCC(O)CC1. The molecular formula is C28H29FN4O3. The van der Waals surface area contributed by atoms with Gasteiger partial charge in [-0.15, -0.1) is 0 Å². The first-order chi connectivity index (χ1) is 17.4. The average molecular weight is 489 g/mol. The number of hydrogen-bond acceptors (Lipinski definition) is 4. The molecule has 8 heteroatoms. The van der Waals surface area contributed by atoms with Gasteiger partial charge in [0.1, 0.15) is 5.82 Å². The first kappa shape index (κ1) is 24.0. The molecule has 5 rings (SSSR count). The van der Waals surface area contributed by atoms with Gasteiger partial charge in [-0.2, -0.15) is 0 Å². The van der Waals surface area contributed by atoms with Crippen LogP contribution in [0.25, 0.3) is 22.8 Å². The lowest BCUT2D eigenvalue weighted by atomic mass is 9.97. The zero-order chi connectivity index (χ0) is 25.2.